The van der Waals surface area contributed by atoms with Crippen LogP contribution in [0, 0.1) is 0 Å². The van der Waals surface area contributed by atoms with E-state index in [-0.39, 0.29) is 24.6 Å². The zero-order valence-electron chi connectivity index (χ0n) is 16.8. The van der Waals surface area contributed by atoms with E-state index in [0.717, 1.165) is 12.8 Å². The lowest BCUT2D eigenvalue weighted by molar-refractivity contribution is 0.0697. The van der Waals surface area contributed by atoms with E-state index in [2.05, 4.69) is 19.2 Å². The highest BCUT2D eigenvalue weighted by Crippen LogP contribution is 2.33. The minimum Gasteiger partial charge on any atom is -0.454 e. The Morgan fingerprint density at radius 3 is 2.31 bits per heavy atom. The number of amides is 2. The van der Waals surface area contributed by atoms with Gasteiger partial charge in [-0.1, -0.05) is 26.0 Å². The van der Waals surface area contributed by atoms with E-state index >= 15 is 0 Å². The molecule has 2 heterocycles. The third kappa shape index (κ3) is 4.21. The molecular formula is C23H26N2O4. The number of nitrogens with zero attached hydrogens (tertiary/aromatic N) is 1. The Balaban J connectivity index is 1.31. The van der Waals surface area contributed by atoms with Crippen LogP contribution in [0.15, 0.2) is 42.5 Å². The summed E-state index contributed by atoms with van der Waals surface area (Å²) in [6.07, 6.45) is 1.48. The van der Waals surface area contributed by atoms with E-state index in [9.17, 15) is 9.59 Å². The van der Waals surface area contributed by atoms with Gasteiger partial charge in [0.05, 0.1) is 0 Å². The second-order valence-electron chi connectivity index (χ2n) is 7.88. The van der Waals surface area contributed by atoms with Crippen molar-refractivity contribution in [2.45, 2.75) is 38.6 Å². The predicted octanol–water partition coefficient (Wildman–Crippen LogP) is 3.57. The zero-order valence-corrected chi connectivity index (χ0v) is 16.8. The molecule has 1 saturated heterocycles. The Morgan fingerprint density at radius 1 is 0.966 bits per heavy atom. The topological polar surface area (TPSA) is 67.9 Å². The molecule has 152 valence electrons. The highest BCUT2D eigenvalue weighted by molar-refractivity contribution is 5.95. The van der Waals surface area contributed by atoms with Crippen molar-refractivity contribution in [3.63, 3.8) is 0 Å². The normalized spacial score (nSPS) is 16.2. The molecule has 0 spiro atoms. The van der Waals surface area contributed by atoms with Crippen molar-refractivity contribution in [1.82, 2.24) is 10.2 Å². The molecule has 6 nitrogen and oxygen atoms in total. The lowest BCUT2D eigenvalue weighted by Crippen LogP contribution is -2.46. The summed E-state index contributed by atoms with van der Waals surface area (Å²) in [4.78, 5) is 27.1. The molecular weight excluding hydrogens is 368 g/mol. The van der Waals surface area contributed by atoms with Crippen LogP contribution in [0.3, 0.4) is 0 Å². The minimum absolute atomic E-state index is 0.0163. The minimum atomic E-state index is -0.0548. The standard InChI is InChI=1S/C23H26N2O4/c1-15(2)16-3-5-17(6-4-16)22(26)24-19-9-11-25(12-10-19)23(27)18-7-8-20-21(13-18)29-14-28-20/h3-8,13,15,19H,9-12,14H2,1-2H3,(H,24,26). The van der Waals surface area contributed by atoms with Gasteiger partial charge in [0, 0.05) is 30.3 Å². The number of likely N-dealkylation sites (tertiary alicyclic amines) is 1. The molecule has 0 aliphatic carbocycles. The monoisotopic (exact) mass is 394 g/mol. The summed E-state index contributed by atoms with van der Waals surface area (Å²) >= 11 is 0. The first-order chi connectivity index (χ1) is 14.0. The maximum Gasteiger partial charge on any atom is 0.253 e. The third-order valence-corrected chi connectivity index (χ3v) is 5.58. The number of piperidine rings is 1. The molecule has 2 aromatic rings. The fraction of sp³-hybridized carbons (Fsp3) is 0.391. The molecule has 2 amide bonds. The van der Waals surface area contributed by atoms with E-state index in [4.69, 9.17) is 9.47 Å². The summed E-state index contributed by atoms with van der Waals surface area (Å²) in [5.74, 6) is 1.66. The fourth-order valence-corrected chi connectivity index (χ4v) is 3.73. The van der Waals surface area contributed by atoms with E-state index in [1.54, 1.807) is 18.2 Å². The molecule has 2 aromatic carbocycles. The van der Waals surface area contributed by atoms with Crippen LogP contribution < -0.4 is 14.8 Å². The van der Waals surface area contributed by atoms with E-state index in [0.29, 0.717) is 41.6 Å². The number of ether oxygens (including phenoxy) is 2. The van der Waals surface area contributed by atoms with Gasteiger partial charge in [-0.25, -0.2) is 0 Å². The smallest absolute Gasteiger partial charge is 0.253 e. The first kappa shape index (κ1) is 19.3. The predicted molar refractivity (Wildman–Crippen MR) is 109 cm³/mol. The molecule has 0 saturated carbocycles. The number of carbonyl (C=O) groups is 2. The maximum atomic E-state index is 12.8. The summed E-state index contributed by atoms with van der Waals surface area (Å²) in [5, 5.41) is 3.10. The Bertz CT molecular complexity index is 900. The average molecular weight is 394 g/mol. The zero-order chi connectivity index (χ0) is 20.4. The van der Waals surface area contributed by atoms with Gasteiger partial charge in [0.2, 0.25) is 6.79 Å². The van der Waals surface area contributed by atoms with Crippen LogP contribution in [-0.4, -0.2) is 42.6 Å². The Morgan fingerprint density at radius 2 is 1.62 bits per heavy atom. The molecule has 4 rings (SSSR count). The van der Waals surface area contributed by atoms with Crippen molar-refractivity contribution in [2.75, 3.05) is 19.9 Å². The van der Waals surface area contributed by atoms with Crippen molar-refractivity contribution >= 4 is 11.8 Å². The number of benzene rings is 2. The van der Waals surface area contributed by atoms with Crippen molar-refractivity contribution in [2.24, 2.45) is 0 Å². The highest BCUT2D eigenvalue weighted by atomic mass is 16.7. The van der Waals surface area contributed by atoms with E-state index < -0.39 is 0 Å². The number of fused-ring (bicyclic) bond motifs is 1. The van der Waals surface area contributed by atoms with Crippen molar-refractivity contribution < 1.29 is 19.1 Å². The van der Waals surface area contributed by atoms with Crippen LogP contribution in [0.4, 0.5) is 0 Å². The maximum absolute atomic E-state index is 12.8. The number of rotatable bonds is 4. The molecule has 2 aliphatic heterocycles. The number of hydrogen-bond acceptors (Lipinski definition) is 4. The molecule has 0 aromatic heterocycles. The van der Waals surface area contributed by atoms with Crippen molar-refractivity contribution in [1.29, 1.82) is 0 Å². The van der Waals surface area contributed by atoms with Crippen molar-refractivity contribution in [3.05, 3.63) is 59.2 Å². The highest BCUT2D eigenvalue weighted by Gasteiger charge is 2.26. The fourth-order valence-electron chi connectivity index (χ4n) is 3.73. The molecule has 0 radical (unpaired) electrons. The Hall–Kier alpha value is -3.02. The molecule has 0 unspecified atom stereocenters. The summed E-state index contributed by atoms with van der Waals surface area (Å²) < 4.78 is 10.7. The summed E-state index contributed by atoms with van der Waals surface area (Å²) in [6.45, 7) is 5.69. The largest absolute Gasteiger partial charge is 0.454 e. The molecule has 2 aliphatic rings. The van der Waals surface area contributed by atoms with Crippen LogP contribution in [0.5, 0.6) is 11.5 Å². The molecule has 6 heteroatoms. The number of carbonyl (C=O) groups excluding carboxylic acids is 2. The van der Waals surface area contributed by atoms with Gasteiger partial charge in [0.1, 0.15) is 0 Å². The van der Waals surface area contributed by atoms with Crippen LogP contribution in [0.1, 0.15) is 58.9 Å². The van der Waals surface area contributed by atoms with Crippen LogP contribution >= 0.6 is 0 Å². The summed E-state index contributed by atoms with van der Waals surface area (Å²) in [5.41, 5.74) is 2.49. The van der Waals surface area contributed by atoms with E-state index in [1.165, 1.54) is 5.56 Å². The van der Waals surface area contributed by atoms with Gasteiger partial charge in [-0.15, -0.1) is 0 Å². The third-order valence-electron chi connectivity index (χ3n) is 5.58. The van der Waals surface area contributed by atoms with E-state index in [1.807, 2.05) is 29.2 Å². The number of hydrogen-bond donors (Lipinski definition) is 1. The molecule has 1 N–H and O–H groups in total. The average Bonchev–Trinajstić information content (AvgIpc) is 3.21. The SMILES string of the molecule is CC(C)c1ccc(C(=O)NC2CCN(C(=O)c3ccc4c(c3)OCO4)CC2)cc1. The molecule has 0 bridgehead atoms. The van der Waals surface area contributed by atoms with Gasteiger partial charge in [0.15, 0.2) is 11.5 Å². The first-order valence-corrected chi connectivity index (χ1v) is 10.1. The lowest BCUT2D eigenvalue weighted by Gasteiger charge is -2.32. The van der Waals surface area contributed by atoms with Gasteiger partial charge in [-0.05, 0) is 54.7 Å². The van der Waals surface area contributed by atoms with Gasteiger partial charge in [-0.3, -0.25) is 9.59 Å². The van der Waals surface area contributed by atoms with Gasteiger partial charge in [0.25, 0.3) is 11.8 Å². The second kappa shape index (κ2) is 8.15. The Kier molecular flexibility index (Phi) is 5.43. The quantitative estimate of drug-likeness (QED) is 0.861. The second-order valence-corrected chi connectivity index (χ2v) is 7.88. The number of nitrogens with one attached hydrogen (secondary N) is 1. The molecule has 0 atom stereocenters. The van der Waals surface area contributed by atoms with Gasteiger partial charge >= 0.3 is 0 Å². The van der Waals surface area contributed by atoms with Crippen molar-refractivity contribution in [3.8, 4) is 11.5 Å². The Labute approximate surface area is 170 Å². The summed E-state index contributed by atoms with van der Waals surface area (Å²) in [7, 11) is 0. The summed E-state index contributed by atoms with van der Waals surface area (Å²) in [6, 6.07) is 13.1. The molecule has 1 fully saturated rings. The van der Waals surface area contributed by atoms with Crippen LogP contribution in [0.2, 0.25) is 0 Å². The van der Waals surface area contributed by atoms with Gasteiger partial charge in [-0.2, -0.15) is 0 Å². The van der Waals surface area contributed by atoms with Crippen LogP contribution in [-0.2, 0) is 0 Å². The van der Waals surface area contributed by atoms with Crippen LogP contribution in [0.25, 0.3) is 0 Å². The van der Waals surface area contributed by atoms with Gasteiger partial charge < -0.3 is 19.7 Å². The molecule has 29 heavy (non-hydrogen) atoms. The first-order valence-electron chi connectivity index (χ1n) is 10.1. The lowest BCUT2D eigenvalue weighted by atomic mass is 10.0.